The van der Waals surface area contributed by atoms with E-state index in [-0.39, 0.29) is 5.56 Å². The third-order valence-electron chi connectivity index (χ3n) is 6.03. The summed E-state index contributed by atoms with van der Waals surface area (Å²) in [5, 5.41) is 15.2. The summed E-state index contributed by atoms with van der Waals surface area (Å²) in [4.78, 5) is 20.8. The Kier molecular flexibility index (Phi) is 7.92. The summed E-state index contributed by atoms with van der Waals surface area (Å²) < 4.78 is 40.2. The van der Waals surface area contributed by atoms with Gasteiger partial charge in [-0.3, -0.25) is 9.48 Å². The Hall–Kier alpha value is -4.91. The average Bonchev–Trinajstić information content (AvgIpc) is 3.57. The second-order valence-corrected chi connectivity index (χ2v) is 8.99. The molecule has 0 spiro atoms. The van der Waals surface area contributed by atoms with Crippen LogP contribution in [-0.2, 0) is 11.3 Å². The Morgan fingerprint density at radius 3 is 2.88 bits per heavy atom. The summed E-state index contributed by atoms with van der Waals surface area (Å²) in [5.41, 5.74) is 7.25. The zero-order valence-corrected chi connectivity index (χ0v) is 21.5. The lowest BCUT2D eigenvalue weighted by molar-refractivity contribution is -0.120. The third kappa shape index (κ3) is 6.04. The van der Waals surface area contributed by atoms with Crippen LogP contribution in [0.25, 0.3) is 10.9 Å². The zero-order chi connectivity index (χ0) is 28.1. The minimum Gasteiger partial charge on any atom is -0.493 e. The van der Waals surface area contributed by atoms with E-state index in [0.29, 0.717) is 35.9 Å². The van der Waals surface area contributed by atoms with Crippen molar-refractivity contribution in [3.05, 3.63) is 89.8 Å². The molecule has 11 nitrogen and oxygen atoms in total. The van der Waals surface area contributed by atoms with Gasteiger partial charge in [0.2, 0.25) is 5.91 Å². The highest BCUT2D eigenvalue weighted by atomic mass is 19.2. The van der Waals surface area contributed by atoms with Crippen LogP contribution in [0.15, 0.2) is 65.7 Å². The summed E-state index contributed by atoms with van der Waals surface area (Å²) in [6.45, 7) is 3.75. The van der Waals surface area contributed by atoms with Gasteiger partial charge < -0.3 is 25.6 Å². The van der Waals surface area contributed by atoms with Gasteiger partial charge in [0.25, 0.3) is 0 Å². The van der Waals surface area contributed by atoms with Crippen molar-refractivity contribution in [2.24, 2.45) is 5.73 Å². The van der Waals surface area contributed by atoms with Gasteiger partial charge >= 0.3 is 0 Å². The van der Waals surface area contributed by atoms with Gasteiger partial charge in [0.05, 0.1) is 29.7 Å². The smallest absolute Gasteiger partial charge is 0.247 e. The number of carbonyl (C=O) groups is 1. The number of hydrogen-bond acceptors (Lipinski definition) is 9. The number of benzene rings is 2. The lowest BCUT2D eigenvalue weighted by atomic mass is 10.1. The van der Waals surface area contributed by atoms with E-state index < -0.39 is 23.6 Å². The first kappa shape index (κ1) is 26.7. The van der Waals surface area contributed by atoms with Gasteiger partial charge in [-0.25, -0.2) is 18.7 Å². The van der Waals surface area contributed by atoms with Crippen LogP contribution in [0, 0.1) is 18.6 Å². The molecule has 5 aromatic rings. The van der Waals surface area contributed by atoms with E-state index in [1.54, 1.807) is 0 Å². The summed E-state index contributed by atoms with van der Waals surface area (Å²) in [6, 6.07) is 9.57. The molecule has 40 heavy (non-hydrogen) atoms. The number of fused-ring (bicyclic) bond motifs is 1. The standard InChI is InChI=1S/C27H26F2N8O3/c1-16-10-17(36-40-16)12-31-8-3-9-39-19-6-7-20-23(11-19)32-15-33-27(20)35-18-13-34-37(14-18)25(26(30)38)21-4-2-5-22(28)24(21)29/h2,4-7,10-11,13-15,25,31H,3,8-9,12H2,1H3,(H2,30,38)(H,32,33,35). The number of nitrogens with two attached hydrogens (primary N) is 1. The molecule has 1 unspecified atom stereocenters. The van der Waals surface area contributed by atoms with E-state index in [1.165, 1.54) is 35.5 Å². The molecule has 0 aliphatic carbocycles. The molecule has 206 valence electrons. The number of amides is 1. The fourth-order valence-electron chi connectivity index (χ4n) is 4.17. The largest absolute Gasteiger partial charge is 0.493 e. The van der Waals surface area contributed by atoms with Gasteiger partial charge in [0, 0.05) is 35.8 Å². The van der Waals surface area contributed by atoms with Gasteiger partial charge in [-0.1, -0.05) is 17.3 Å². The topological polar surface area (TPSA) is 146 Å². The number of nitrogens with one attached hydrogen (secondary N) is 2. The van der Waals surface area contributed by atoms with Gasteiger partial charge in [-0.15, -0.1) is 0 Å². The quantitative estimate of drug-likeness (QED) is 0.198. The van der Waals surface area contributed by atoms with E-state index in [1.807, 2.05) is 31.2 Å². The summed E-state index contributed by atoms with van der Waals surface area (Å²) in [7, 11) is 0. The molecule has 0 aliphatic rings. The molecular formula is C27H26F2N8O3. The van der Waals surface area contributed by atoms with Crippen LogP contribution in [0.5, 0.6) is 5.75 Å². The predicted molar refractivity (Wildman–Crippen MR) is 142 cm³/mol. The van der Waals surface area contributed by atoms with Gasteiger partial charge in [0.15, 0.2) is 17.7 Å². The van der Waals surface area contributed by atoms with Crippen molar-refractivity contribution in [1.82, 2.24) is 30.2 Å². The molecule has 0 saturated carbocycles. The summed E-state index contributed by atoms with van der Waals surface area (Å²) >= 11 is 0. The molecule has 0 saturated heterocycles. The molecule has 0 aliphatic heterocycles. The van der Waals surface area contributed by atoms with E-state index in [2.05, 4.69) is 30.9 Å². The molecule has 4 N–H and O–H groups in total. The number of aryl methyl sites for hydroxylation is 1. The van der Waals surface area contributed by atoms with Crippen molar-refractivity contribution in [2.45, 2.75) is 25.9 Å². The first-order chi connectivity index (χ1) is 19.4. The molecule has 2 aromatic carbocycles. The molecular weight excluding hydrogens is 522 g/mol. The van der Waals surface area contributed by atoms with Crippen LogP contribution in [0.1, 0.15) is 29.5 Å². The highest BCUT2D eigenvalue weighted by molar-refractivity contribution is 5.91. The molecule has 1 amide bonds. The SMILES string of the molecule is Cc1cc(CNCCCOc2ccc3c(Nc4cnn(C(C(N)=O)c5cccc(F)c5F)c4)ncnc3c2)no1. The number of primary amides is 1. The van der Waals surface area contributed by atoms with Gasteiger partial charge in [0.1, 0.15) is 23.7 Å². The van der Waals surface area contributed by atoms with Gasteiger partial charge in [-0.2, -0.15) is 5.10 Å². The second-order valence-electron chi connectivity index (χ2n) is 8.99. The van der Waals surface area contributed by atoms with E-state index in [4.69, 9.17) is 15.0 Å². The maximum atomic E-state index is 14.4. The average molecular weight is 549 g/mol. The van der Waals surface area contributed by atoms with E-state index >= 15 is 0 Å². The first-order valence-corrected chi connectivity index (χ1v) is 12.4. The molecule has 13 heteroatoms. The highest BCUT2D eigenvalue weighted by Gasteiger charge is 2.26. The molecule has 0 bridgehead atoms. The molecule has 3 heterocycles. The lowest BCUT2D eigenvalue weighted by Gasteiger charge is -2.15. The predicted octanol–water partition coefficient (Wildman–Crippen LogP) is 3.78. The Bertz CT molecular complexity index is 1640. The van der Waals surface area contributed by atoms with Crippen molar-refractivity contribution in [1.29, 1.82) is 0 Å². The van der Waals surface area contributed by atoms with Crippen molar-refractivity contribution in [2.75, 3.05) is 18.5 Å². The van der Waals surface area contributed by atoms with Crippen LogP contribution >= 0.6 is 0 Å². The number of rotatable bonds is 12. The fraction of sp³-hybridized carbons (Fsp3) is 0.222. The normalized spacial score (nSPS) is 12.0. The molecule has 1 atom stereocenters. The number of carbonyl (C=O) groups excluding carboxylic acids is 1. The van der Waals surface area contributed by atoms with Crippen LogP contribution < -0.4 is 21.1 Å². The van der Waals surface area contributed by atoms with Crippen molar-refractivity contribution >= 4 is 28.3 Å². The molecule has 3 aromatic heterocycles. The number of nitrogens with zero attached hydrogens (tertiary/aromatic N) is 5. The third-order valence-corrected chi connectivity index (χ3v) is 6.03. The maximum absolute atomic E-state index is 14.4. The Labute approximate surface area is 227 Å². The van der Waals surface area contributed by atoms with Crippen LogP contribution in [0.4, 0.5) is 20.3 Å². The molecule has 5 rings (SSSR count). The number of hydrogen-bond donors (Lipinski definition) is 3. The zero-order valence-electron chi connectivity index (χ0n) is 21.5. The summed E-state index contributed by atoms with van der Waals surface area (Å²) in [6.07, 6.45) is 5.09. The van der Waals surface area contributed by atoms with Crippen molar-refractivity contribution < 1.29 is 22.8 Å². The minimum atomic E-state index is -1.34. The van der Waals surface area contributed by atoms with Crippen LogP contribution in [0.2, 0.25) is 0 Å². The number of aromatic nitrogens is 5. The fourth-order valence-corrected chi connectivity index (χ4v) is 4.17. The van der Waals surface area contributed by atoms with Crippen LogP contribution in [0.3, 0.4) is 0 Å². The molecule has 0 radical (unpaired) electrons. The van der Waals surface area contributed by atoms with Crippen molar-refractivity contribution in [3.63, 3.8) is 0 Å². The Balaban J connectivity index is 1.22. The Morgan fingerprint density at radius 1 is 1.20 bits per heavy atom. The number of halogens is 2. The maximum Gasteiger partial charge on any atom is 0.247 e. The molecule has 0 fully saturated rings. The second kappa shape index (κ2) is 11.9. The monoisotopic (exact) mass is 548 g/mol. The first-order valence-electron chi connectivity index (χ1n) is 12.4. The van der Waals surface area contributed by atoms with Crippen LogP contribution in [-0.4, -0.2) is 44.0 Å². The number of ether oxygens (including phenoxy) is 1. The van der Waals surface area contributed by atoms with Gasteiger partial charge in [-0.05, 0) is 38.1 Å². The summed E-state index contributed by atoms with van der Waals surface area (Å²) in [5.74, 6) is -1.20. The van der Waals surface area contributed by atoms with E-state index in [0.717, 1.165) is 35.9 Å². The lowest BCUT2D eigenvalue weighted by Crippen LogP contribution is -2.28. The Morgan fingerprint density at radius 2 is 2.08 bits per heavy atom. The minimum absolute atomic E-state index is 0.219. The highest BCUT2D eigenvalue weighted by Crippen LogP contribution is 2.28. The number of anilines is 2. The van der Waals surface area contributed by atoms with Crippen molar-refractivity contribution in [3.8, 4) is 5.75 Å². The van der Waals surface area contributed by atoms with E-state index in [9.17, 15) is 13.6 Å².